The van der Waals surface area contributed by atoms with Gasteiger partial charge in [0.05, 0.1) is 26.5 Å². The molecule has 34 heavy (non-hydrogen) atoms. The Hall–Kier alpha value is -4.08. The summed E-state index contributed by atoms with van der Waals surface area (Å²) in [5, 5.41) is 6.53. The number of esters is 1. The smallest absolute Gasteiger partial charge is 0.407 e. The third-order valence-corrected chi connectivity index (χ3v) is 4.39. The van der Waals surface area contributed by atoms with Crippen molar-refractivity contribution in [3.8, 4) is 11.5 Å². The van der Waals surface area contributed by atoms with Crippen molar-refractivity contribution in [1.82, 2.24) is 10.7 Å². The van der Waals surface area contributed by atoms with Crippen LogP contribution in [-0.4, -0.2) is 57.2 Å². The zero-order chi connectivity index (χ0) is 24.8. The Morgan fingerprint density at radius 3 is 2.41 bits per heavy atom. The first kappa shape index (κ1) is 26.2. The van der Waals surface area contributed by atoms with Gasteiger partial charge in [-0.15, -0.1) is 0 Å². The van der Waals surface area contributed by atoms with Gasteiger partial charge in [0.2, 0.25) is 0 Å². The molecule has 0 aromatic heterocycles. The number of amides is 2. The second-order valence-electron chi connectivity index (χ2n) is 6.85. The molecule has 2 aromatic carbocycles. The minimum Gasteiger partial charge on any atom is -0.493 e. The summed E-state index contributed by atoms with van der Waals surface area (Å²) in [5.41, 5.74) is 3.91. The van der Waals surface area contributed by atoms with E-state index in [0.29, 0.717) is 17.1 Å². The number of carbonyl (C=O) groups is 3. The van der Waals surface area contributed by atoms with Gasteiger partial charge in [0.25, 0.3) is 5.91 Å². The molecule has 2 aromatic rings. The molecule has 10 heteroatoms. The molecule has 182 valence electrons. The van der Waals surface area contributed by atoms with Gasteiger partial charge in [0.15, 0.2) is 18.1 Å². The minimum atomic E-state index is -0.883. The highest BCUT2D eigenvalue weighted by Gasteiger charge is 2.21. The van der Waals surface area contributed by atoms with Gasteiger partial charge in [-0.25, -0.2) is 15.0 Å². The zero-order valence-electron chi connectivity index (χ0n) is 19.4. The number of nitrogens with one attached hydrogen (secondary N) is 2. The van der Waals surface area contributed by atoms with Gasteiger partial charge < -0.3 is 24.3 Å². The Morgan fingerprint density at radius 1 is 1.00 bits per heavy atom. The number of alkyl carbamates (subject to hydrolysis) is 1. The fraction of sp³-hybridized carbons (Fsp3) is 0.333. The van der Waals surface area contributed by atoms with Crippen molar-refractivity contribution in [3.63, 3.8) is 0 Å². The number of hydrogen-bond donors (Lipinski definition) is 2. The zero-order valence-corrected chi connectivity index (χ0v) is 19.4. The van der Waals surface area contributed by atoms with Crippen LogP contribution < -0.4 is 20.2 Å². The molecule has 0 fully saturated rings. The Balaban J connectivity index is 2.03. The molecule has 0 saturated heterocycles. The van der Waals surface area contributed by atoms with Gasteiger partial charge in [0, 0.05) is 6.42 Å². The van der Waals surface area contributed by atoms with Crippen LogP contribution in [-0.2, 0) is 25.5 Å². The molecule has 10 nitrogen and oxygen atoms in total. The predicted octanol–water partition coefficient (Wildman–Crippen LogP) is 2.44. The monoisotopic (exact) mass is 471 g/mol. The van der Waals surface area contributed by atoms with Crippen LogP contribution in [0.2, 0.25) is 0 Å². The van der Waals surface area contributed by atoms with E-state index in [9.17, 15) is 14.4 Å². The molecule has 2 rings (SSSR count). The van der Waals surface area contributed by atoms with Crippen molar-refractivity contribution in [2.75, 3.05) is 26.9 Å². The molecule has 0 unspecified atom stereocenters. The van der Waals surface area contributed by atoms with E-state index >= 15 is 0 Å². The topological polar surface area (TPSA) is 125 Å². The highest BCUT2D eigenvalue weighted by Crippen LogP contribution is 2.27. The lowest BCUT2D eigenvalue weighted by Crippen LogP contribution is -2.47. The fourth-order valence-electron chi connectivity index (χ4n) is 2.85. The molecular weight excluding hydrogens is 442 g/mol. The molecule has 0 bridgehead atoms. The first-order chi connectivity index (χ1) is 16.5. The second-order valence-corrected chi connectivity index (χ2v) is 6.85. The van der Waals surface area contributed by atoms with Gasteiger partial charge in [-0.1, -0.05) is 30.3 Å². The molecule has 0 spiro atoms. The predicted molar refractivity (Wildman–Crippen MR) is 125 cm³/mol. The van der Waals surface area contributed by atoms with Crippen LogP contribution >= 0.6 is 0 Å². The van der Waals surface area contributed by atoms with Crippen LogP contribution in [0.25, 0.3) is 0 Å². The highest BCUT2D eigenvalue weighted by atomic mass is 16.6. The van der Waals surface area contributed by atoms with Crippen LogP contribution in [0.5, 0.6) is 11.5 Å². The van der Waals surface area contributed by atoms with Crippen LogP contribution in [0, 0.1) is 0 Å². The van der Waals surface area contributed by atoms with Crippen LogP contribution in [0.1, 0.15) is 25.0 Å². The van der Waals surface area contributed by atoms with E-state index in [1.54, 1.807) is 32.0 Å². The third-order valence-electron chi connectivity index (χ3n) is 4.39. The molecule has 2 amide bonds. The second kappa shape index (κ2) is 14.1. The van der Waals surface area contributed by atoms with Crippen molar-refractivity contribution in [2.45, 2.75) is 26.3 Å². The van der Waals surface area contributed by atoms with Crippen molar-refractivity contribution in [1.29, 1.82) is 0 Å². The summed E-state index contributed by atoms with van der Waals surface area (Å²) in [4.78, 5) is 36.0. The summed E-state index contributed by atoms with van der Waals surface area (Å²) in [7, 11) is 1.46. The van der Waals surface area contributed by atoms with Crippen molar-refractivity contribution >= 4 is 24.2 Å². The number of benzene rings is 2. The molecule has 0 radical (unpaired) electrons. The Morgan fingerprint density at radius 2 is 1.74 bits per heavy atom. The average Bonchev–Trinajstić information content (AvgIpc) is 2.83. The average molecular weight is 472 g/mol. The molecule has 0 aliphatic carbocycles. The lowest BCUT2D eigenvalue weighted by atomic mass is 10.1. The van der Waals surface area contributed by atoms with E-state index in [0.717, 1.165) is 5.56 Å². The lowest BCUT2D eigenvalue weighted by Gasteiger charge is -2.16. The van der Waals surface area contributed by atoms with E-state index in [1.165, 1.54) is 13.3 Å². The minimum absolute atomic E-state index is 0.186. The number of hydrazone groups is 1. The van der Waals surface area contributed by atoms with Crippen molar-refractivity contribution in [2.24, 2.45) is 5.10 Å². The SMILES string of the molecule is CCOC(=O)COc1ccc(/C=N\NC(=O)[C@@H](Cc2ccccc2)NC(=O)OCC)cc1OC. The summed E-state index contributed by atoms with van der Waals surface area (Å²) in [6, 6.07) is 13.3. The van der Waals surface area contributed by atoms with E-state index in [2.05, 4.69) is 15.8 Å². The number of methoxy groups -OCH3 is 1. The maximum absolute atomic E-state index is 12.7. The van der Waals surface area contributed by atoms with Crippen molar-refractivity contribution in [3.05, 3.63) is 59.7 Å². The lowest BCUT2D eigenvalue weighted by molar-refractivity contribution is -0.145. The summed E-state index contributed by atoms with van der Waals surface area (Å²) in [6.07, 6.45) is 0.992. The van der Waals surface area contributed by atoms with E-state index < -0.39 is 24.0 Å². The summed E-state index contributed by atoms with van der Waals surface area (Å²) in [5.74, 6) is -0.252. The number of ether oxygens (including phenoxy) is 4. The van der Waals surface area contributed by atoms with Gasteiger partial charge in [0.1, 0.15) is 6.04 Å². The van der Waals surface area contributed by atoms with Gasteiger partial charge >= 0.3 is 12.1 Å². The quantitative estimate of drug-likeness (QED) is 0.277. The number of hydrogen-bond acceptors (Lipinski definition) is 8. The molecule has 0 heterocycles. The van der Waals surface area contributed by atoms with Crippen LogP contribution in [0.4, 0.5) is 4.79 Å². The third kappa shape index (κ3) is 8.81. The highest BCUT2D eigenvalue weighted by molar-refractivity contribution is 5.87. The molecule has 0 aliphatic heterocycles. The summed E-state index contributed by atoms with van der Waals surface area (Å²) in [6.45, 7) is 3.59. The van der Waals surface area contributed by atoms with Crippen molar-refractivity contribution < 1.29 is 33.3 Å². The maximum atomic E-state index is 12.7. The van der Waals surface area contributed by atoms with E-state index in [1.807, 2.05) is 30.3 Å². The molecule has 1 atom stereocenters. The van der Waals surface area contributed by atoms with E-state index in [4.69, 9.17) is 18.9 Å². The number of nitrogens with zero attached hydrogens (tertiary/aromatic N) is 1. The number of carbonyl (C=O) groups excluding carboxylic acids is 3. The Bertz CT molecular complexity index is 980. The van der Waals surface area contributed by atoms with E-state index in [-0.39, 0.29) is 26.2 Å². The van der Waals surface area contributed by atoms with Gasteiger partial charge in [-0.2, -0.15) is 5.10 Å². The first-order valence-electron chi connectivity index (χ1n) is 10.7. The molecular formula is C24H29N3O7. The maximum Gasteiger partial charge on any atom is 0.407 e. The Kier molecular flexibility index (Phi) is 10.9. The Labute approximate surface area is 198 Å². The molecule has 2 N–H and O–H groups in total. The normalized spacial score (nSPS) is 11.4. The van der Waals surface area contributed by atoms with Crippen LogP contribution in [0.15, 0.2) is 53.6 Å². The first-order valence-corrected chi connectivity index (χ1v) is 10.7. The van der Waals surface area contributed by atoms with Crippen LogP contribution in [0.3, 0.4) is 0 Å². The molecule has 0 aliphatic rings. The fourth-order valence-corrected chi connectivity index (χ4v) is 2.85. The van der Waals surface area contributed by atoms with Gasteiger partial charge in [-0.05, 0) is 43.2 Å². The largest absolute Gasteiger partial charge is 0.493 e. The van der Waals surface area contributed by atoms with Gasteiger partial charge in [-0.3, -0.25) is 4.79 Å². The summed E-state index contributed by atoms with van der Waals surface area (Å²) >= 11 is 0. The summed E-state index contributed by atoms with van der Waals surface area (Å²) < 4.78 is 20.4. The standard InChI is InChI=1S/C24H29N3O7/c1-4-32-22(28)16-34-20-12-11-18(14-21(20)31-3)15-25-27-23(29)19(26-24(30)33-5-2)13-17-9-7-6-8-10-17/h6-12,14-15,19H,4-5,13,16H2,1-3H3,(H,26,30)(H,27,29)/b25-15-/t19-/m1/s1. The number of rotatable bonds is 12. The molecule has 0 saturated carbocycles.